The molecule has 9 heteroatoms. The van der Waals surface area contributed by atoms with E-state index in [1.807, 2.05) is 36.4 Å². The second-order valence-corrected chi connectivity index (χ2v) is 10.2. The van der Waals surface area contributed by atoms with Gasteiger partial charge in [0.25, 0.3) is 5.56 Å². The van der Waals surface area contributed by atoms with Gasteiger partial charge >= 0.3 is 0 Å². The van der Waals surface area contributed by atoms with Crippen molar-refractivity contribution < 1.29 is 17.9 Å². The Kier molecular flexibility index (Phi) is 6.53. The standard InChI is InChI=1S/C24H27N3O5S/c1-25(15-18-5-6-20-14-21(32-2)8-7-19(20)13-18)24(29)17-26-16-22(9-10-23(26)28)33(30,31)27-11-3-4-12-27/h5-10,13-14,16H,3-4,11-12,15,17H2,1-2H3. The summed E-state index contributed by atoms with van der Waals surface area (Å²) in [5.74, 6) is 0.490. The number of aromatic nitrogens is 1. The maximum atomic E-state index is 12.8. The Morgan fingerprint density at radius 2 is 1.73 bits per heavy atom. The third-order valence-electron chi connectivity index (χ3n) is 5.92. The summed E-state index contributed by atoms with van der Waals surface area (Å²) in [6.07, 6.45) is 2.92. The highest BCUT2D eigenvalue weighted by Crippen LogP contribution is 2.23. The van der Waals surface area contributed by atoms with E-state index in [-0.39, 0.29) is 17.3 Å². The number of pyridine rings is 1. The van der Waals surface area contributed by atoms with Crippen LogP contribution in [0, 0.1) is 0 Å². The number of benzene rings is 2. The van der Waals surface area contributed by atoms with E-state index in [1.54, 1.807) is 14.2 Å². The molecule has 0 radical (unpaired) electrons. The maximum absolute atomic E-state index is 12.8. The van der Waals surface area contributed by atoms with Crippen molar-refractivity contribution in [3.8, 4) is 5.75 Å². The van der Waals surface area contributed by atoms with Crippen LogP contribution in [0.2, 0.25) is 0 Å². The number of sulfonamides is 1. The highest BCUT2D eigenvalue weighted by Gasteiger charge is 2.27. The van der Waals surface area contributed by atoms with Crippen molar-refractivity contribution >= 4 is 26.7 Å². The Hall–Kier alpha value is -3.17. The summed E-state index contributed by atoms with van der Waals surface area (Å²) in [6.45, 7) is 1.08. The van der Waals surface area contributed by atoms with Gasteiger partial charge in [-0.05, 0) is 53.4 Å². The van der Waals surface area contributed by atoms with Crippen molar-refractivity contribution in [1.29, 1.82) is 0 Å². The topological polar surface area (TPSA) is 88.9 Å². The van der Waals surface area contributed by atoms with Gasteiger partial charge in [0.15, 0.2) is 0 Å². The molecular weight excluding hydrogens is 442 g/mol. The zero-order chi connectivity index (χ0) is 23.6. The molecule has 1 fully saturated rings. The van der Waals surface area contributed by atoms with Gasteiger partial charge in [0, 0.05) is 38.9 Å². The number of fused-ring (bicyclic) bond motifs is 1. The van der Waals surface area contributed by atoms with Gasteiger partial charge in [-0.3, -0.25) is 9.59 Å². The number of methoxy groups -OCH3 is 1. The van der Waals surface area contributed by atoms with E-state index in [0.717, 1.165) is 39.5 Å². The first-order valence-electron chi connectivity index (χ1n) is 10.8. The van der Waals surface area contributed by atoms with Crippen LogP contribution in [-0.4, -0.2) is 55.3 Å². The molecule has 0 atom stereocenters. The zero-order valence-electron chi connectivity index (χ0n) is 18.7. The van der Waals surface area contributed by atoms with Crippen molar-refractivity contribution in [2.45, 2.75) is 30.8 Å². The summed E-state index contributed by atoms with van der Waals surface area (Å²) in [4.78, 5) is 26.7. The van der Waals surface area contributed by atoms with Crippen LogP contribution < -0.4 is 10.3 Å². The average molecular weight is 470 g/mol. The normalized spacial score (nSPS) is 14.5. The predicted molar refractivity (Wildman–Crippen MR) is 126 cm³/mol. The minimum absolute atomic E-state index is 0.0319. The Morgan fingerprint density at radius 3 is 2.45 bits per heavy atom. The van der Waals surface area contributed by atoms with Crippen LogP contribution in [0.3, 0.4) is 0 Å². The second kappa shape index (κ2) is 9.36. The summed E-state index contributed by atoms with van der Waals surface area (Å²) in [6, 6.07) is 14.2. The third kappa shape index (κ3) is 4.94. The van der Waals surface area contributed by atoms with E-state index in [1.165, 1.54) is 27.5 Å². The number of likely N-dealkylation sites (N-methyl/N-ethyl adjacent to an activating group) is 1. The van der Waals surface area contributed by atoms with E-state index < -0.39 is 15.6 Å². The van der Waals surface area contributed by atoms with Crippen LogP contribution in [-0.2, 0) is 27.9 Å². The molecule has 4 rings (SSSR count). The molecule has 1 saturated heterocycles. The molecule has 8 nitrogen and oxygen atoms in total. The number of carbonyl (C=O) groups excluding carboxylic acids is 1. The molecule has 33 heavy (non-hydrogen) atoms. The smallest absolute Gasteiger partial charge is 0.251 e. The van der Waals surface area contributed by atoms with Gasteiger partial charge in [-0.2, -0.15) is 4.31 Å². The molecule has 0 N–H and O–H groups in total. The molecule has 2 aromatic carbocycles. The highest BCUT2D eigenvalue weighted by molar-refractivity contribution is 7.89. The number of hydrogen-bond donors (Lipinski definition) is 0. The Labute approximate surface area is 193 Å². The maximum Gasteiger partial charge on any atom is 0.251 e. The number of carbonyl (C=O) groups is 1. The largest absolute Gasteiger partial charge is 0.497 e. The third-order valence-corrected chi connectivity index (χ3v) is 7.80. The van der Waals surface area contributed by atoms with Crippen molar-refractivity contribution in [2.24, 2.45) is 0 Å². The minimum Gasteiger partial charge on any atom is -0.497 e. The molecule has 1 aliphatic heterocycles. The summed E-state index contributed by atoms with van der Waals surface area (Å²) < 4.78 is 33.5. The molecule has 0 saturated carbocycles. The van der Waals surface area contributed by atoms with Gasteiger partial charge in [-0.15, -0.1) is 0 Å². The molecule has 1 aromatic heterocycles. The first-order chi connectivity index (χ1) is 15.8. The Balaban J connectivity index is 1.48. The summed E-state index contributed by atoms with van der Waals surface area (Å²) >= 11 is 0. The van der Waals surface area contributed by atoms with Crippen molar-refractivity contribution in [1.82, 2.24) is 13.8 Å². The Bertz CT molecular complexity index is 1340. The SMILES string of the molecule is COc1ccc2cc(CN(C)C(=O)Cn3cc(S(=O)(=O)N4CCCC4)ccc3=O)ccc2c1. The molecule has 174 valence electrons. The lowest BCUT2D eigenvalue weighted by Gasteiger charge is -2.19. The summed E-state index contributed by atoms with van der Waals surface area (Å²) in [7, 11) is -0.382. The average Bonchev–Trinajstić information content (AvgIpc) is 3.36. The van der Waals surface area contributed by atoms with Crippen molar-refractivity contribution in [2.75, 3.05) is 27.2 Å². The lowest BCUT2D eigenvalue weighted by molar-refractivity contribution is -0.131. The molecule has 1 amide bonds. The van der Waals surface area contributed by atoms with Crippen LogP contribution >= 0.6 is 0 Å². The summed E-state index contributed by atoms with van der Waals surface area (Å²) in [5, 5.41) is 2.07. The van der Waals surface area contributed by atoms with Crippen molar-refractivity contribution in [3.63, 3.8) is 0 Å². The van der Waals surface area contributed by atoms with Crippen LogP contribution in [0.5, 0.6) is 5.75 Å². The quantitative estimate of drug-likeness (QED) is 0.530. The molecule has 0 spiro atoms. The first-order valence-corrected chi connectivity index (χ1v) is 12.2. The lowest BCUT2D eigenvalue weighted by atomic mass is 10.1. The van der Waals surface area contributed by atoms with Gasteiger partial charge < -0.3 is 14.2 Å². The monoisotopic (exact) mass is 469 g/mol. The van der Waals surface area contributed by atoms with E-state index in [9.17, 15) is 18.0 Å². The fourth-order valence-corrected chi connectivity index (χ4v) is 5.53. The van der Waals surface area contributed by atoms with Crippen LogP contribution in [0.25, 0.3) is 10.8 Å². The van der Waals surface area contributed by atoms with Crippen LogP contribution in [0.15, 0.2) is 64.4 Å². The Morgan fingerprint density at radius 1 is 1.03 bits per heavy atom. The first kappa shape index (κ1) is 23.0. The zero-order valence-corrected chi connectivity index (χ0v) is 19.5. The van der Waals surface area contributed by atoms with Gasteiger partial charge in [0.2, 0.25) is 15.9 Å². The van der Waals surface area contributed by atoms with Gasteiger partial charge in [-0.1, -0.05) is 18.2 Å². The van der Waals surface area contributed by atoms with Gasteiger partial charge in [0.1, 0.15) is 12.3 Å². The van der Waals surface area contributed by atoms with Gasteiger partial charge in [-0.25, -0.2) is 8.42 Å². The number of hydrogen-bond acceptors (Lipinski definition) is 5. The fourth-order valence-electron chi connectivity index (χ4n) is 3.99. The van der Waals surface area contributed by atoms with E-state index in [0.29, 0.717) is 19.6 Å². The van der Waals surface area contributed by atoms with E-state index in [2.05, 4.69) is 0 Å². The second-order valence-electron chi connectivity index (χ2n) is 8.24. The van der Waals surface area contributed by atoms with Crippen LogP contribution in [0.4, 0.5) is 0 Å². The molecular formula is C24H27N3O5S. The molecule has 0 unspecified atom stereocenters. The van der Waals surface area contributed by atoms with E-state index >= 15 is 0 Å². The molecule has 2 heterocycles. The molecule has 3 aromatic rings. The predicted octanol–water partition coefficient (Wildman–Crippen LogP) is 2.45. The fraction of sp³-hybridized carbons (Fsp3) is 0.333. The van der Waals surface area contributed by atoms with Crippen LogP contribution in [0.1, 0.15) is 18.4 Å². The molecule has 0 bridgehead atoms. The lowest BCUT2D eigenvalue weighted by Crippen LogP contribution is -2.34. The molecule has 0 aliphatic carbocycles. The molecule has 1 aliphatic rings. The van der Waals surface area contributed by atoms with Crippen molar-refractivity contribution in [3.05, 3.63) is 70.6 Å². The number of amides is 1. The number of nitrogens with zero attached hydrogens (tertiary/aromatic N) is 3. The van der Waals surface area contributed by atoms with E-state index in [4.69, 9.17) is 4.74 Å². The number of rotatable bonds is 7. The highest BCUT2D eigenvalue weighted by atomic mass is 32.2. The summed E-state index contributed by atoms with van der Waals surface area (Å²) in [5.41, 5.74) is 0.526. The minimum atomic E-state index is -3.67. The van der Waals surface area contributed by atoms with Gasteiger partial charge in [0.05, 0.1) is 12.0 Å². The number of ether oxygens (including phenoxy) is 1.